The van der Waals surface area contributed by atoms with Gasteiger partial charge in [0.25, 0.3) is 0 Å². The number of carbonyl (C=O) groups excluding carboxylic acids is 1. The van der Waals surface area contributed by atoms with E-state index in [4.69, 9.17) is 4.74 Å². The van der Waals surface area contributed by atoms with Crippen LogP contribution in [0.1, 0.15) is 20.3 Å². The second-order valence-electron chi connectivity index (χ2n) is 3.38. The minimum Gasteiger partial charge on any atom is -0.457 e. The van der Waals surface area contributed by atoms with E-state index in [0.717, 1.165) is 6.54 Å². The van der Waals surface area contributed by atoms with E-state index in [1.165, 1.54) is 6.92 Å². The lowest BCUT2D eigenvalue weighted by Crippen LogP contribution is -2.54. The molecule has 12 heavy (non-hydrogen) atoms. The molecule has 2 atom stereocenters. The Hall–Kier alpha value is -0.610. The number of aliphatic hydroxyl groups excluding tert-OH is 1. The van der Waals surface area contributed by atoms with Crippen molar-refractivity contribution in [3.05, 3.63) is 0 Å². The number of esters is 1. The number of carbonyl (C=O) groups is 1. The maximum atomic E-state index is 10.7. The molecule has 0 radical (unpaired) electrons. The molecular formula is C8H15NO3. The Morgan fingerprint density at radius 1 is 1.75 bits per heavy atom. The van der Waals surface area contributed by atoms with Crippen LogP contribution in [0.3, 0.4) is 0 Å². The van der Waals surface area contributed by atoms with Gasteiger partial charge in [-0.25, -0.2) is 0 Å². The molecule has 0 spiro atoms. The summed E-state index contributed by atoms with van der Waals surface area (Å²) in [7, 11) is 0. The van der Waals surface area contributed by atoms with Crippen LogP contribution in [0.5, 0.6) is 0 Å². The molecule has 1 fully saturated rings. The van der Waals surface area contributed by atoms with Crippen LogP contribution in [0.4, 0.5) is 0 Å². The summed E-state index contributed by atoms with van der Waals surface area (Å²) >= 11 is 0. The van der Waals surface area contributed by atoms with Crippen molar-refractivity contribution in [3.63, 3.8) is 0 Å². The molecule has 0 saturated carbocycles. The van der Waals surface area contributed by atoms with Gasteiger partial charge in [-0.15, -0.1) is 0 Å². The third-order valence-corrected chi connectivity index (χ3v) is 2.22. The van der Waals surface area contributed by atoms with Crippen molar-refractivity contribution in [1.29, 1.82) is 0 Å². The van der Waals surface area contributed by atoms with Crippen molar-refractivity contribution in [2.45, 2.75) is 32.0 Å². The molecule has 1 saturated heterocycles. The first-order valence-corrected chi connectivity index (χ1v) is 4.13. The van der Waals surface area contributed by atoms with Crippen LogP contribution >= 0.6 is 0 Å². The van der Waals surface area contributed by atoms with Gasteiger partial charge >= 0.3 is 5.97 Å². The molecule has 0 aliphatic carbocycles. The van der Waals surface area contributed by atoms with Gasteiger partial charge in [0.1, 0.15) is 11.7 Å². The second-order valence-corrected chi connectivity index (χ2v) is 3.38. The number of β-amino-alcohol motifs (C(OH)–C–C–N with tert-alkyl or cyclic N) is 1. The highest BCUT2D eigenvalue weighted by Crippen LogP contribution is 2.22. The number of hydrogen-bond donors (Lipinski definition) is 2. The number of nitrogens with one attached hydrogen (secondary N) is 1. The molecule has 0 aromatic heterocycles. The Kier molecular flexibility index (Phi) is 2.69. The summed E-state index contributed by atoms with van der Waals surface area (Å²) in [5.41, 5.74) is -0.697. The first-order chi connectivity index (χ1) is 5.54. The molecule has 1 rings (SSSR count). The summed E-state index contributed by atoms with van der Waals surface area (Å²) < 4.78 is 5.06. The van der Waals surface area contributed by atoms with Crippen LogP contribution in [0.2, 0.25) is 0 Å². The van der Waals surface area contributed by atoms with Gasteiger partial charge in [0.05, 0.1) is 0 Å². The average molecular weight is 173 g/mol. The number of hydrogen-bond acceptors (Lipinski definition) is 4. The van der Waals surface area contributed by atoms with Crippen molar-refractivity contribution in [2.24, 2.45) is 0 Å². The smallest absolute Gasteiger partial charge is 0.303 e. The summed E-state index contributed by atoms with van der Waals surface area (Å²) in [6, 6.07) is 0. The number of rotatable bonds is 1. The van der Waals surface area contributed by atoms with Gasteiger partial charge in [0.15, 0.2) is 0 Å². The number of ether oxygens (including phenoxy) is 1. The fourth-order valence-electron chi connectivity index (χ4n) is 1.41. The summed E-state index contributed by atoms with van der Waals surface area (Å²) in [4.78, 5) is 10.7. The number of aliphatic hydroxyl groups is 1. The summed E-state index contributed by atoms with van der Waals surface area (Å²) in [6.07, 6.45) is 0.0587. The Balaban J connectivity index is 2.59. The van der Waals surface area contributed by atoms with Crippen molar-refractivity contribution >= 4 is 5.97 Å². The largest absolute Gasteiger partial charge is 0.457 e. The highest BCUT2D eigenvalue weighted by Gasteiger charge is 2.38. The van der Waals surface area contributed by atoms with Crippen molar-refractivity contribution in [2.75, 3.05) is 13.1 Å². The van der Waals surface area contributed by atoms with Crippen molar-refractivity contribution < 1.29 is 14.6 Å². The van der Waals surface area contributed by atoms with Crippen molar-refractivity contribution in [1.82, 2.24) is 5.32 Å². The second kappa shape index (κ2) is 3.41. The molecular weight excluding hydrogens is 158 g/mol. The quantitative estimate of drug-likeness (QED) is 0.533. The Morgan fingerprint density at radius 3 is 2.92 bits per heavy atom. The topological polar surface area (TPSA) is 58.6 Å². The standard InChI is InChI=1S/C8H15NO3/c1-6(10)12-8(2)3-4-9-5-7(8)11/h7,9,11H,3-5H2,1-2H3. The van der Waals surface area contributed by atoms with Crippen LogP contribution in [-0.4, -0.2) is 35.9 Å². The first-order valence-electron chi connectivity index (χ1n) is 4.13. The summed E-state index contributed by atoms with van der Waals surface area (Å²) in [6.45, 7) is 4.39. The third-order valence-electron chi connectivity index (χ3n) is 2.22. The van der Waals surface area contributed by atoms with E-state index < -0.39 is 11.7 Å². The molecule has 1 aliphatic heterocycles. The lowest BCUT2D eigenvalue weighted by Gasteiger charge is -2.37. The number of piperidine rings is 1. The summed E-state index contributed by atoms with van der Waals surface area (Å²) in [5, 5.41) is 12.6. The summed E-state index contributed by atoms with van der Waals surface area (Å²) in [5.74, 6) is -0.335. The fourth-order valence-corrected chi connectivity index (χ4v) is 1.41. The van der Waals surface area contributed by atoms with Gasteiger partial charge < -0.3 is 15.2 Å². The van der Waals surface area contributed by atoms with E-state index in [1.54, 1.807) is 6.92 Å². The monoisotopic (exact) mass is 173 g/mol. The predicted octanol–water partition coefficient (Wildman–Crippen LogP) is -0.338. The van der Waals surface area contributed by atoms with E-state index in [0.29, 0.717) is 13.0 Å². The van der Waals surface area contributed by atoms with Gasteiger partial charge in [0, 0.05) is 19.9 Å². The fraction of sp³-hybridized carbons (Fsp3) is 0.875. The van der Waals surface area contributed by atoms with Gasteiger partial charge in [-0.05, 0) is 13.5 Å². The molecule has 1 heterocycles. The van der Waals surface area contributed by atoms with E-state index in [9.17, 15) is 9.90 Å². The third kappa shape index (κ3) is 1.95. The molecule has 4 nitrogen and oxygen atoms in total. The van der Waals surface area contributed by atoms with Crippen LogP contribution in [0.25, 0.3) is 0 Å². The van der Waals surface area contributed by atoms with E-state index >= 15 is 0 Å². The molecule has 0 aromatic carbocycles. The highest BCUT2D eigenvalue weighted by atomic mass is 16.6. The SMILES string of the molecule is CC(=O)OC1(C)CCNCC1O. The zero-order valence-corrected chi connectivity index (χ0v) is 7.46. The maximum absolute atomic E-state index is 10.7. The molecule has 1 aliphatic rings. The van der Waals surface area contributed by atoms with E-state index in [-0.39, 0.29) is 5.97 Å². The average Bonchev–Trinajstić information content (AvgIpc) is 1.94. The van der Waals surface area contributed by atoms with Gasteiger partial charge in [0.2, 0.25) is 0 Å². The maximum Gasteiger partial charge on any atom is 0.303 e. The van der Waals surface area contributed by atoms with Gasteiger partial charge in [-0.3, -0.25) is 4.79 Å². The molecule has 0 aromatic rings. The predicted molar refractivity (Wildman–Crippen MR) is 43.7 cm³/mol. The molecule has 4 heteroatoms. The van der Waals surface area contributed by atoms with Crippen LogP contribution in [0.15, 0.2) is 0 Å². The van der Waals surface area contributed by atoms with Gasteiger partial charge in [-0.2, -0.15) is 0 Å². The molecule has 2 N–H and O–H groups in total. The first kappa shape index (κ1) is 9.48. The van der Waals surface area contributed by atoms with Crippen LogP contribution < -0.4 is 5.32 Å². The lowest BCUT2D eigenvalue weighted by molar-refractivity contribution is -0.171. The van der Waals surface area contributed by atoms with Crippen molar-refractivity contribution in [3.8, 4) is 0 Å². The lowest BCUT2D eigenvalue weighted by atomic mass is 9.91. The Labute approximate surface area is 71.9 Å². The molecule has 70 valence electrons. The molecule has 0 bridgehead atoms. The van der Waals surface area contributed by atoms with Gasteiger partial charge in [-0.1, -0.05) is 0 Å². The normalized spacial score (nSPS) is 36.1. The Morgan fingerprint density at radius 2 is 2.42 bits per heavy atom. The zero-order valence-electron chi connectivity index (χ0n) is 7.46. The Bertz CT molecular complexity index is 183. The van der Waals surface area contributed by atoms with Crippen LogP contribution in [-0.2, 0) is 9.53 Å². The minimum atomic E-state index is -0.697. The molecule has 0 amide bonds. The highest BCUT2D eigenvalue weighted by molar-refractivity contribution is 5.66. The van der Waals surface area contributed by atoms with E-state index in [1.807, 2.05) is 0 Å². The van der Waals surface area contributed by atoms with E-state index in [2.05, 4.69) is 5.32 Å². The molecule has 2 unspecified atom stereocenters. The zero-order chi connectivity index (χ0) is 9.19. The van der Waals surface area contributed by atoms with Crippen LogP contribution in [0, 0.1) is 0 Å². The minimum absolute atomic E-state index is 0.335.